The van der Waals surface area contributed by atoms with Gasteiger partial charge in [0.2, 0.25) is 0 Å². The van der Waals surface area contributed by atoms with Gasteiger partial charge in [-0.1, -0.05) is 221 Å². The highest BCUT2D eigenvalue weighted by molar-refractivity contribution is 5.70. The van der Waals surface area contributed by atoms with Gasteiger partial charge in [0.15, 0.2) is 0 Å². The molecule has 125 heavy (non-hydrogen) atoms. The Balaban J connectivity index is 0.000000152. The van der Waals surface area contributed by atoms with E-state index in [1.807, 2.05) is 177 Å². The first-order valence-corrected chi connectivity index (χ1v) is 41.7. The van der Waals surface area contributed by atoms with E-state index < -0.39 is 0 Å². The van der Waals surface area contributed by atoms with Gasteiger partial charge in [-0.2, -0.15) is 0 Å². The summed E-state index contributed by atoms with van der Waals surface area (Å²) in [4.78, 5) is 0. The predicted molar refractivity (Wildman–Crippen MR) is 500 cm³/mol. The summed E-state index contributed by atoms with van der Waals surface area (Å²) in [5.41, 5.74) is 20.0. The highest BCUT2D eigenvalue weighted by atomic mass is 19.1. The Bertz CT molecular complexity index is 6130. The number of rotatable bonds is 20. The SMILES string of the molecule is CCCCCOc1ccc(-c2ccc(C#Cc3ccc(F)cc3)cc2)cc1.CCCCOc1ccc(-c2ccc(C#Cc3ccc(F)cc3)cc2)cc1.CCCOc1ccc(-c2ccc(C#Cc3ccc(F)cc3)cc2)cc1.CCOc1ccc(-c2ccc(C#Cc3ccc(F)cc3)cc2)cc1.COc1ccc(-c2ccc(C#Cc3ccc(F)cc3)cc2)cc1. The molecule has 0 radical (unpaired) electrons. The average molecular weight is 1650 g/mol. The molecule has 15 aromatic carbocycles. The summed E-state index contributed by atoms with van der Waals surface area (Å²) < 4.78 is 92.1. The molecule has 0 N–H and O–H groups in total. The standard InChI is InChI=1S/C25H23FO.C24H21FO.C23H19FO.C22H17FO.C21H15FO/c1-2-3-4-19-27-25-17-13-23(14-18-25)22-11-7-20(8-12-22)5-6-21-9-15-24(26)16-10-21;1-2-3-18-26-24-16-12-22(13-17-24)21-10-6-19(7-11-21)4-5-20-8-14-23(25)15-9-20;1-2-17-25-23-15-11-21(12-16-23)20-9-5-18(6-10-20)3-4-19-7-13-22(24)14-8-19;1-2-24-22-15-11-20(12-16-22)19-9-5-17(6-10-19)3-4-18-7-13-21(23)14-8-18;1-23-21-14-10-19(11-15-21)18-8-4-16(5-9-18)2-3-17-6-12-20(22)13-7-17/h7-18H,2-4,19H2,1H3;6-17H,2-3,18H2,1H3;5-16H,2,17H2,1H3;5-16H,2H2,1H3;4-15H,1H3. The fourth-order valence-electron chi connectivity index (χ4n) is 12.1. The summed E-state index contributed by atoms with van der Waals surface area (Å²) in [7, 11) is 1.66. The third kappa shape index (κ3) is 31.1. The van der Waals surface area contributed by atoms with Crippen molar-refractivity contribution in [3.63, 3.8) is 0 Å². The number of benzene rings is 15. The molecule has 0 aliphatic heterocycles. The zero-order valence-electron chi connectivity index (χ0n) is 70.6. The molecule has 15 rings (SSSR count). The van der Waals surface area contributed by atoms with Crippen LogP contribution in [0, 0.1) is 88.3 Å². The van der Waals surface area contributed by atoms with Gasteiger partial charge in [0.05, 0.1) is 33.5 Å². The van der Waals surface area contributed by atoms with E-state index in [2.05, 4.69) is 153 Å². The Morgan fingerprint density at radius 2 is 0.344 bits per heavy atom. The molecule has 5 nitrogen and oxygen atoms in total. The fourth-order valence-corrected chi connectivity index (χ4v) is 12.1. The number of methoxy groups -OCH3 is 1. The van der Waals surface area contributed by atoms with E-state index in [1.54, 1.807) is 67.8 Å². The predicted octanol–water partition coefficient (Wildman–Crippen LogP) is 28.4. The Hall–Kier alpha value is -15.3. The Morgan fingerprint density at radius 3 is 0.528 bits per heavy atom. The molecule has 0 aliphatic rings. The van der Waals surface area contributed by atoms with Gasteiger partial charge >= 0.3 is 0 Å². The summed E-state index contributed by atoms with van der Waals surface area (Å²) in [6, 6.07) is 112. The summed E-state index contributed by atoms with van der Waals surface area (Å²) in [6.07, 6.45) is 6.71. The van der Waals surface area contributed by atoms with Gasteiger partial charge in [0, 0.05) is 55.6 Å². The minimum atomic E-state index is -0.251. The minimum Gasteiger partial charge on any atom is -0.497 e. The van der Waals surface area contributed by atoms with Crippen LogP contribution in [-0.2, 0) is 0 Å². The van der Waals surface area contributed by atoms with Crippen LogP contribution in [-0.4, -0.2) is 33.5 Å². The van der Waals surface area contributed by atoms with Crippen LogP contribution in [0.25, 0.3) is 55.6 Å². The number of unbranched alkanes of at least 4 members (excludes halogenated alkanes) is 3. The van der Waals surface area contributed by atoms with Gasteiger partial charge in [-0.25, -0.2) is 22.0 Å². The fraction of sp³-hybridized carbons (Fsp3) is 0.130. The highest BCUT2D eigenvalue weighted by Gasteiger charge is 2.07. The van der Waals surface area contributed by atoms with E-state index >= 15 is 0 Å². The minimum absolute atomic E-state index is 0.248. The van der Waals surface area contributed by atoms with Crippen LogP contribution in [0.3, 0.4) is 0 Å². The Labute approximate surface area is 733 Å². The lowest BCUT2D eigenvalue weighted by Gasteiger charge is -2.07. The van der Waals surface area contributed by atoms with Crippen molar-refractivity contribution in [3.05, 3.63) is 449 Å². The van der Waals surface area contributed by atoms with Crippen molar-refractivity contribution in [2.45, 2.75) is 66.2 Å². The highest BCUT2D eigenvalue weighted by Crippen LogP contribution is 2.29. The normalized spacial score (nSPS) is 10.0. The summed E-state index contributed by atoms with van der Waals surface area (Å²) in [5.74, 6) is 33.9. The van der Waals surface area contributed by atoms with E-state index in [1.165, 1.54) is 73.5 Å². The second-order valence-electron chi connectivity index (χ2n) is 28.5. The van der Waals surface area contributed by atoms with Crippen molar-refractivity contribution >= 4 is 0 Å². The lowest BCUT2D eigenvalue weighted by molar-refractivity contribution is 0.306. The topological polar surface area (TPSA) is 46.2 Å². The lowest BCUT2D eigenvalue weighted by Crippen LogP contribution is -1.96. The first-order valence-electron chi connectivity index (χ1n) is 41.7. The van der Waals surface area contributed by atoms with Gasteiger partial charge < -0.3 is 23.7 Å². The van der Waals surface area contributed by atoms with Crippen molar-refractivity contribution in [3.8, 4) is 144 Å². The molecular weight excluding hydrogens is 1560 g/mol. The number of ether oxygens (including phenoxy) is 5. The molecule has 0 amide bonds. The maximum Gasteiger partial charge on any atom is 0.123 e. The molecular formula is C115H95F5O5. The van der Waals surface area contributed by atoms with Gasteiger partial charge in [0.1, 0.15) is 57.8 Å². The molecule has 10 heteroatoms. The van der Waals surface area contributed by atoms with Crippen LogP contribution in [0.5, 0.6) is 28.7 Å². The monoisotopic (exact) mass is 1650 g/mol. The zero-order chi connectivity index (χ0) is 87.4. The van der Waals surface area contributed by atoms with E-state index in [4.69, 9.17) is 23.7 Å². The van der Waals surface area contributed by atoms with E-state index in [-0.39, 0.29) is 29.1 Å². The Kier molecular flexibility index (Phi) is 35.8. The van der Waals surface area contributed by atoms with Gasteiger partial charge in [-0.05, 0) is 324 Å². The zero-order valence-corrected chi connectivity index (χ0v) is 70.6. The number of hydrogen-bond acceptors (Lipinski definition) is 5. The van der Waals surface area contributed by atoms with Gasteiger partial charge in [0.25, 0.3) is 0 Å². The maximum absolute atomic E-state index is 12.9. The first kappa shape index (κ1) is 90.5. The third-order valence-electron chi connectivity index (χ3n) is 19.1. The van der Waals surface area contributed by atoms with E-state index in [0.29, 0.717) is 6.61 Å². The number of hydrogen-bond donors (Lipinski definition) is 0. The molecule has 0 aromatic heterocycles. The second kappa shape index (κ2) is 49.5. The van der Waals surface area contributed by atoms with Crippen molar-refractivity contribution in [2.75, 3.05) is 33.5 Å². The molecule has 0 atom stereocenters. The summed E-state index contributed by atoms with van der Waals surface area (Å²) in [5, 5.41) is 0. The van der Waals surface area contributed by atoms with Crippen LogP contribution in [0.1, 0.15) is 122 Å². The third-order valence-corrected chi connectivity index (χ3v) is 19.1. The van der Waals surface area contributed by atoms with Crippen LogP contribution in [0.15, 0.2) is 364 Å². The van der Waals surface area contributed by atoms with Crippen molar-refractivity contribution in [2.24, 2.45) is 0 Å². The lowest BCUT2D eigenvalue weighted by atomic mass is 10.0. The summed E-state index contributed by atoms with van der Waals surface area (Å²) >= 11 is 0. The molecule has 0 spiro atoms. The quantitative estimate of drug-likeness (QED) is 0.0432. The van der Waals surface area contributed by atoms with Crippen LogP contribution >= 0.6 is 0 Å². The molecule has 0 aliphatic carbocycles. The maximum atomic E-state index is 12.9. The molecule has 15 aromatic rings. The molecule has 0 unspecified atom stereocenters. The Morgan fingerprint density at radius 1 is 0.176 bits per heavy atom. The average Bonchev–Trinajstić information content (AvgIpc) is 0.876. The van der Waals surface area contributed by atoms with E-state index in [0.717, 1.165) is 186 Å². The van der Waals surface area contributed by atoms with E-state index in [9.17, 15) is 22.0 Å². The number of halogens is 5. The van der Waals surface area contributed by atoms with Gasteiger partial charge in [-0.3, -0.25) is 0 Å². The molecule has 0 saturated heterocycles. The second-order valence-corrected chi connectivity index (χ2v) is 28.5. The molecule has 0 heterocycles. The van der Waals surface area contributed by atoms with Crippen molar-refractivity contribution < 1.29 is 45.6 Å². The largest absolute Gasteiger partial charge is 0.497 e. The summed E-state index contributed by atoms with van der Waals surface area (Å²) in [6.45, 7) is 11.3. The molecule has 0 bridgehead atoms. The van der Waals surface area contributed by atoms with Gasteiger partial charge in [-0.15, -0.1) is 0 Å². The van der Waals surface area contributed by atoms with Crippen LogP contribution in [0.4, 0.5) is 22.0 Å². The smallest absolute Gasteiger partial charge is 0.123 e. The molecule has 0 fully saturated rings. The molecule has 0 saturated carbocycles. The van der Waals surface area contributed by atoms with Crippen molar-refractivity contribution in [1.82, 2.24) is 0 Å². The van der Waals surface area contributed by atoms with Crippen LogP contribution < -0.4 is 23.7 Å². The molecule has 620 valence electrons. The first-order chi connectivity index (χ1) is 61.2. The van der Waals surface area contributed by atoms with Crippen LogP contribution in [0.2, 0.25) is 0 Å². The van der Waals surface area contributed by atoms with Crippen molar-refractivity contribution in [1.29, 1.82) is 0 Å².